The first-order valence-corrected chi connectivity index (χ1v) is 11.4. The molecule has 0 bridgehead atoms. The van der Waals surface area contributed by atoms with Crippen LogP contribution >= 0.6 is 0 Å². The SMILES string of the molecule is O=C(C=Cc1ccc(O)c2c1C(C(=O)O)C(c1ccc(O)c(O)c1)O2)O[C@H](Cc1ccc(O)c(O)c1)C(=O)O. The summed E-state index contributed by atoms with van der Waals surface area (Å²) < 4.78 is 10.8. The van der Waals surface area contributed by atoms with Crippen LogP contribution in [0.25, 0.3) is 6.08 Å². The van der Waals surface area contributed by atoms with Crippen molar-refractivity contribution in [1.29, 1.82) is 0 Å². The molecular formula is C27H22O12. The minimum absolute atomic E-state index is 0.0264. The summed E-state index contributed by atoms with van der Waals surface area (Å²) >= 11 is 0. The number of phenols is 5. The van der Waals surface area contributed by atoms with Crippen LogP contribution in [0, 0.1) is 0 Å². The van der Waals surface area contributed by atoms with Gasteiger partial charge in [-0.3, -0.25) is 4.79 Å². The zero-order chi connectivity index (χ0) is 28.4. The fraction of sp³-hybridized carbons (Fsp3) is 0.148. The summed E-state index contributed by atoms with van der Waals surface area (Å²) in [5.41, 5.74) is 0.664. The number of carboxylic acid groups (broad SMARTS) is 2. The third-order valence-corrected chi connectivity index (χ3v) is 6.06. The number of aromatic hydroxyl groups is 5. The number of rotatable bonds is 8. The number of hydrogen-bond acceptors (Lipinski definition) is 10. The third kappa shape index (κ3) is 5.49. The van der Waals surface area contributed by atoms with Gasteiger partial charge in [0.1, 0.15) is 12.0 Å². The third-order valence-electron chi connectivity index (χ3n) is 6.06. The lowest BCUT2D eigenvalue weighted by molar-refractivity contribution is -0.160. The molecule has 39 heavy (non-hydrogen) atoms. The molecule has 0 amide bonds. The van der Waals surface area contributed by atoms with Crippen molar-refractivity contribution >= 4 is 24.0 Å². The Morgan fingerprint density at radius 2 is 1.49 bits per heavy atom. The van der Waals surface area contributed by atoms with Crippen molar-refractivity contribution in [1.82, 2.24) is 0 Å². The highest BCUT2D eigenvalue weighted by Crippen LogP contribution is 2.52. The molecular weight excluding hydrogens is 516 g/mol. The van der Waals surface area contributed by atoms with Gasteiger partial charge in [0.2, 0.25) is 6.10 Å². The molecule has 0 aromatic heterocycles. The first kappa shape index (κ1) is 26.7. The van der Waals surface area contributed by atoms with E-state index < -0.39 is 59.0 Å². The van der Waals surface area contributed by atoms with E-state index in [9.17, 15) is 50.1 Å². The minimum atomic E-state index is -1.64. The Hall–Kier alpha value is -5.39. The molecule has 4 rings (SSSR count). The van der Waals surface area contributed by atoms with Crippen LogP contribution in [0.15, 0.2) is 54.6 Å². The standard InChI is InChI=1S/C27H22O12/c28-15-5-1-12(9-18(15)31)10-20(26(34)35)38-21(33)8-4-13-2-7-17(30)25-22(13)23(27(36)37)24(39-25)14-3-6-16(29)19(32)11-14/h1-9,11,20,23-24,28-32H,10H2,(H,34,35)(H,36,37)/t20-,23?,24?/m1/s1. The normalized spacial score (nSPS) is 16.8. The van der Waals surface area contributed by atoms with E-state index in [-0.39, 0.29) is 40.2 Å². The van der Waals surface area contributed by atoms with Crippen molar-refractivity contribution in [3.63, 3.8) is 0 Å². The lowest BCUT2D eigenvalue weighted by Gasteiger charge is -2.17. The van der Waals surface area contributed by atoms with Crippen molar-refractivity contribution in [2.45, 2.75) is 24.5 Å². The van der Waals surface area contributed by atoms with Crippen LogP contribution in [0.3, 0.4) is 0 Å². The van der Waals surface area contributed by atoms with E-state index in [4.69, 9.17) is 9.47 Å². The summed E-state index contributed by atoms with van der Waals surface area (Å²) in [6.07, 6.45) is -1.09. The molecule has 0 saturated heterocycles. The topological polar surface area (TPSA) is 211 Å². The number of aliphatic carboxylic acids is 2. The van der Waals surface area contributed by atoms with Gasteiger partial charge in [0.05, 0.1) is 0 Å². The Kier molecular flexibility index (Phi) is 7.20. The zero-order valence-electron chi connectivity index (χ0n) is 19.9. The summed E-state index contributed by atoms with van der Waals surface area (Å²) in [4.78, 5) is 36.4. The number of ether oxygens (including phenoxy) is 2. The molecule has 0 aliphatic carbocycles. The Balaban J connectivity index is 1.59. The van der Waals surface area contributed by atoms with Gasteiger partial charge in [0, 0.05) is 18.1 Å². The van der Waals surface area contributed by atoms with E-state index in [1.165, 1.54) is 30.3 Å². The molecule has 1 heterocycles. The summed E-state index contributed by atoms with van der Waals surface area (Å²) in [7, 11) is 0. The number of fused-ring (bicyclic) bond motifs is 1. The molecule has 1 aliphatic rings. The van der Waals surface area contributed by atoms with Gasteiger partial charge in [0.25, 0.3) is 0 Å². The van der Waals surface area contributed by atoms with E-state index in [1.807, 2.05) is 0 Å². The molecule has 0 saturated carbocycles. The molecule has 0 spiro atoms. The number of esters is 1. The quantitative estimate of drug-likeness (QED) is 0.125. The van der Waals surface area contributed by atoms with Gasteiger partial charge in [-0.2, -0.15) is 0 Å². The van der Waals surface area contributed by atoms with Crippen LogP contribution in [0.4, 0.5) is 0 Å². The molecule has 3 atom stereocenters. The first-order valence-electron chi connectivity index (χ1n) is 11.4. The molecule has 0 radical (unpaired) electrons. The Morgan fingerprint density at radius 3 is 2.10 bits per heavy atom. The minimum Gasteiger partial charge on any atom is -0.504 e. The van der Waals surface area contributed by atoms with Crippen molar-refractivity contribution < 1.29 is 59.6 Å². The summed E-state index contributed by atoms with van der Waals surface area (Å²) in [6.45, 7) is 0. The zero-order valence-corrected chi connectivity index (χ0v) is 19.9. The van der Waals surface area contributed by atoms with Crippen LogP contribution in [0.2, 0.25) is 0 Å². The van der Waals surface area contributed by atoms with Gasteiger partial charge in [-0.05, 0) is 53.1 Å². The number of hydrogen-bond donors (Lipinski definition) is 7. The van der Waals surface area contributed by atoms with Gasteiger partial charge in [-0.25, -0.2) is 9.59 Å². The molecule has 0 fully saturated rings. The summed E-state index contributed by atoms with van der Waals surface area (Å²) in [5, 5.41) is 68.2. The smallest absolute Gasteiger partial charge is 0.345 e. The predicted octanol–water partition coefficient (Wildman–Crippen LogP) is 2.77. The van der Waals surface area contributed by atoms with Crippen molar-refractivity contribution in [2.24, 2.45) is 0 Å². The highest BCUT2D eigenvalue weighted by molar-refractivity contribution is 5.91. The number of phenolic OH excluding ortho intramolecular Hbond substituents is 5. The van der Waals surface area contributed by atoms with E-state index in [2.05, 4.69) is 0 Å². The highest BCUT2D eigenvalue weighted by Gasteiger charge is 2.43. The van der Waals surface area contributed by atoms with E-state index in [1.54, 1.807) is 0 Å². The Labute approximate surface area is 219 Å². The predicted molar refractivity (Wildman–Crippen MR) is 132 cm³/mol. The molecule has 202 valence electrons. The number of carbonyl (C=O) groups is 3. The second kappa shape index (κ2) is 10.5. The molecule has 2 unspecified atom stereocenters. The Bertz CT molecular complexity index is 1490. The molecule has 3 aromatic carbocycles. The van der Waals surface area contributed by atoms with Crippen molar-refractivity contribution in [3.05, 3.63) is 76.9 Å². The molecule has 12 nitrogen and oxygen atoms in total. The van der Waals surface area contributed by atoms with Gasteiger partial charge >= 0.3 is 17.9 Å². The fourth-order valence-corrected chi connectivity index (χ4v) is 4.20. The van der Waals surface area contributed by atoms with Crippen LogP contribution in [0.1, 0.15) is 34.3 Å². The van der Waals surface area contributed by atoms with Crippen LogP contribution in [0.5, 0.6) is 34.5 Å². The van der Waals surface area contributed by atoms with Gasteiger partial charge in [-0.15, -0.1) is 0 Å². The fourth-order valence-electron chi connectivity index (χ4n) is 4.20. The van der Waals surface area contributed by atoms with Crippen LogP contribution in [-0.4, -0.2) is 59.8 Å². The summed E-state index contributed by atoms with van der Waals surface area (Å²) in [5.74, 6) is -7.59. The maximum Gasteiger partial charge on any atom is 0.345 e. The number of benzene rings is 3. The number of carbonyl (C=O) groups excluding carboxylic acids is 1. The van der Waals surface area contributed by atoms with Crippen LogP contribution < -0.4 is 4.74 Å². The lowest BCUT2D eigenvalue weighted by Crippen LogP contribution is -2.28. The lowest BCUT2D eigenvalue weighted by atomic mass is 9.88. The number of carboxylic acids is 2. The van der Waals surface area contributed by atoms with E-state index >= 15 is 0 Å². The molecule has 12 heteroatoms. The second-order valence-corrected chi connectivity index (χ2v) is 8.64. The first-order chi connectivity index (χ1) is 18.5. The Morgan fingerprint density at radius 1 is 0.846 bits per heavy atom. The van der Waals surface area contributed by atoms with Gasteiger partial charge < -0.3 is 45.2 Å². The van der Waals surface area contributed by atoms with Gasteiger partial charge in [0.15, 0.2) is 34.5 Å². The molecule has 1 aliphatic heterocycles. The average Bonchev–Trinajstić information content (AvgIpc) is 3.29. The maximum absolute atomic E-state index is 12.5. The average molecular weight is 538 g/mol. The van der Waals surface area contributed by atoms with E-state index in [0.717, 1.165) is 30.3 Å². The molecule has 3 aromatic rings. The van der Waals surface area contributed by atoms with E-state index in [0.29, 0.717) is 0 Å². The van der Waals surface area contributed by atoms with Crippen molar-refractivity contribution in [3.8, 4) is 34.5 Å². The second-order valence-electron chi connectivity index (χ2n) is 8.64. The maximum atomic E-state index is 12.5. The van der Waals surface area contributed by atoms with Crippen LogP contribution in [-0.2, 0) is 25.5 Å². The highest BCUT2D eigenvalue weighted by atomic mass is 16.6. The van der Waals surface area contributed by atoms with Crippen molar-refractivity contribution in [2.75, 3.05) is 0 Å². The largest absolute Gasteiger partial charge is 0.504 e. The molecule has 7 N–H and O–H groups in total. The monoisotopic (exact) mass is 538 g/mol. The van der Waals surface area contributed by atoms with Gasteiger partial charge in [-0.1, -0.05) is 18.2 Å². The summed E-state index contributed by atoms with van der Waals surface area (Å²) in [6, 6.07) is 9.83.